The molecule has 0 aliphatic rings. The van der Waals surface area contributed by atoms with Gasteiger partial charge in [-0.25, -0.2) is 10.2 Å². The first-order valence-electron chi connectivity index (χ1n) is 4.71. The lowest BCUT2D eigenvalue weighted by Gasteiger charge is -2.16. The highest BCUT2D eigenvalue weighted by atomic mass is 19.2. The van der Waals surface area contributed by atoms with E-state index in [0.29, 0.717) is 6.42 Å². The zero-order valence-electron chi connectivity index (χ0n) is 8.67. The van der Waals surface area contributed by atoms with Gasteiger partial charge in [0, 0.05) is 0 Å². The topological polar surface area (TPSA) is 64.3 Å². The van der Waals surface area contributed by atoms with Crippen LogP contribution in [0.15, 0.2) is 18.2 Å². The first-order valence-corrected chi connectivity index (χ1v) is 4.71. The van der Waals surface area contributed by atoms with E-state index in [1.54, 1.807) is 6.92 Å². The van der Waals surface area contributed by atoms with E-state index in [4.69, 9.17) is 10.6 Å². The van der Waals surface area contributed by atoms with Crippen molar-refractivity contribution < 1.29 is 18.3 Å². The average Bonchev–Trinajstić information content (AvgIpc) is 2.30. The third-order valence-electron chi connectivity index (χ3n) is 1.99. The minimum Gasteiger partial charge on any atom is -0.477 e. The van der Waals surface area contributed by atoms with Crippen LogP contribution in [0.2, 0.25) is 0 Å². The fourth-order valence-electron chi connectivity index (χ4n) is 1.14. The summed E-state index contributed by atoms with van der Waals surface area (Å²) < 4.78 is 31.1. The number of hydrazine groups is 1. The molecule has 0 spiro atoms. The van der Waals surface area contributed by atoms with Gasteiger partial charge in [-0.1, -0.05) is 13.0 Å². The number of nitrogens with one attached hydrogen (secondary N) is 1. The molecule has 1 rings (SSSR count). The Kier molecular flexibility index (Phi) is 4.19. The first kappa shape index (κ1) is 12.4. The number of benzene rings is 1. The maximum Gasteiger partial charge on any atom is 0.274 e. The molecule has 3 N–H and O–H groups in total. The molecule has 6 heteroatoms. The van der Waals surface area contributed by atoms with Gasteiger partial charge < -0.3 is 4.74 Å². The normalized spacial score (nSPS) is 12.0. The van der Waals surface area contributed by atoms with Crippen molar-refractivity contribution in [3.05, 3.63) is 29.8 Å². The molecular weight excluding hydrogens is 218 g/mol. The molecule has 88 valence electrons. The van der Waals surface area contributed by atoms with Crippen LogP contribution in [0, 0.1) is 11.6 Å². The SMILES string of the molecule is CCC(Oc1cccc(F)c1F)C(=O)NN. The minimum atomic E-state index is -1.12. The lowest BCUT2D eigenvalue weighted by molar-refractivity contribution is -0.128. The predicted octanol–water partition coefficient (Wildman–Crippen LogP) is 1.11. The first-order chi connectivity index (χ1) is 7.60. The molecule has 16 heavy (non-hydrogen) atoms. The second-order valence-electron chi connectivity index (χ2n) is 3.08. The van der Waals surface area contributed by atoms with Gasteiger partial charge in [0.25, 0.3) is 5.91 Å². The third-order valence-corrected chi connectivity index (χ3v) is 1.99. The second kappa shape index (κ2) is 5.41. The quantitative estimate of drug-likeness (QED) is 0.462. The van der Waals surface area contributed by atoms with Crippen LogP contribution in [0.5, 0.6) is 5.75 Å². The van der Waals surface area contributed by atoms with Crippen LogP contribution >= 0.6 is 0 Å². The van der Waals surface area contributed by atoms with E-state index in [0.717, 1.165) is 6.07 Å². The molecule has 0 aromatic heterocycles. The Morgan fingerprint density at radius 2 is 2.25 bits per heavy atom. The van der Waals surface area contributed by atoms with Gasteiger partial charge in [0.05, 0.1) is 0 Å². The summed E-state index contributed by atoms with van der Waals surface area (Å²) in [6.45, 7) is 1.66. The Morgan fingerprint density at radius 3 is 2.81 bits per heavy atom. The van der Waals surface area contributed by atoms with Gasteiger partial charge in [-0.05, 0) is 18.6 Å². The second-order valence-corrected chi connectivity index (χ2v) is 3.08. The molecular formula is C10H12F2N2O2. The average molecular weight is 230 g/mol. The summed E-state index contributed by atoms with van der Waals surface area (Å²) in [5.41, 5.74) is 1.89. The van der Waals surface area contributed by atoms with Gasteiger partial charge >= 0.3 is 0 Å². The van der Waals surface area contributed by atoms with Crippen LogP contribution in [-0.2, 0) is 4.79 Å². The zero-order chi connectivity index (χ0) is 12.1. The standard InChI is InChI=1S/C10H12F2N2O2/c1-2-7(10(15)14-13)16-8-5-3-4-6(11)9(8)12/h3-5,7H,2,13H2,1H3,(H,14,15). The molecule has 1 atom stereocenters. The van der Waals surface area contributed by atoms with Gasteiger partial charge in [0.1, 0.15) is 0 Å². The minimum absolute atomic E-state index is 0.291. The Balaban J connectivity index is 2.86. The van der Waals surface area contributed by atoms with Crippen molar-refractivity contribution >= 4 is 5.91 Å². The summed E-state index contributed by atoms with van der Waals surface area (Å²) in [5, 5.41) is 0. The van der Waals surface area contributed by atoms with E-state index >= 15 is 0 Å². The van der Waals surface area contributed by atoms with E-state index in [-0.39, 0.29) is 5.75 Å². The zero-order valence-corrected chi connectivity index (χ0v) is 8.67. The van der Waals surface area contributed by atoms with Gasteiger partial charge in [-0.15, -0.1) is 0 Å². The van der Waals surface area contributed by atoms with Crippen LogP contribution in [-0.4, -0.2) is 12.0 Å². The van der Waals surface area contributed by atoms with E-state index in [1.165, 1.54) is 12.1 Å². The molecule has 1 aromatic rings. The van der Waals surface area contributed by atoms with E-state index in [2.05, 4.69) is 0 Å². The number of nitrogens with two attached hydrogens (primary N) is 1. The number of rotatable bonds is 4. The molecule has 0 bridgehead atoms. The molecule has 0 heterocycles. The summed E-state index contributed by atoms with van der Waals surface area (Å²) in [7, 11) is 0. The third kappa shape index (κ3) is 2.66. The van der Waals surface area contributed by atoms with Crippen LogP contribution in [0.4, 0.5) is 8.78 Å². The van der Waals surface area contributed by atoms with Gasteiger partial charge in [-0.3, -0.25) is 10.2 Å². The van der Waals surface area contributed by atoms with Crippen molar-refractivity contribution in [2.24, 2.45) is 5.84 Å². The summed E-state index contributed by atoms with van der Waals surface area (Å²) in [6, 6.07) is 3.50. The van der Waals surface area contributed by atoms with Crippen LogP contribution in [0.3, 0.4) is 0 Å². The fourth-order valence-corrected chi connectivity index (χ4v) is 1.14. The molecule has 0 fully saturated rings. The molecule has 1 unspecified atom stereocenters. The Morgan fingerprint density at radius 1 is 1.56 bits per heavy atom. The molecule has 0 aliphatic heterocycles. The number of carbonyl (C=O) groups excluding carboxylic acids is 1. The van der Waals surface area contributed by atoms with Crippen molar-refractivity contribution in [3.63, 3.8) is 0 Å². The molecule has 0 aliphatic carbocycles. The molecule has 4 nitrogen and oxygen atoms in total. The van der Waals surface area contributed by atoms with Crippen LogP contribution in [0.25, 0.3) is 0 Å². The van der Waals surface area contributed by atoms with E-state index < -0.39 is 23.6 Å². The van der Waals surface area contributed by atoms with Crippen molar-refractivity contribution in [2.75, 3.05) is 0 Å². The fraction of sp³-hybridized carbons (Fsp3) is 0.300. The highest BCUT2D eigenvalue weighted by molar-refractivity contribution is 5.80. The van der Waals surface area contributed by atoms with Crippen molar-refractivity contribution in [3.8, 4) is 5.75 Å². The lowest BCUT2D eigenvalue weighted by Crippen LogP contribution is -2.41. The molecule has 0 saturated carbocycles. The Bertz CT molecular complexity index is 385. The van der Waals surface area contributed by atoms with E-state index in [1.807, 2.05) is 5.43 Å². The number of halogens is 2. The van der Waals surface area contributed by atoms with E-state index in [9.17, 15) is 13.6 Å². The van der Waals surface area contributed by atoms with Gasteiger partial charge in [0.15, 0.2) is 17.7 Å². The summed E-state index contributed by atoms with van der Waals surface area (Å²) in [6.07, 6.45) is -0.653. The lowest BCUT2D eigenvalue weighted by atomic mass is 10.2. The molecule has 0 radical (unpaired) electrons. The summed E-state index contributed by atoms with van der Waals surface area (Å²) in [5.74, 6) is 1.87. The monoisotopic (exact) mass is 230 g/mol. The van der Waals surface area contributed by atoms with Gasteiger partial charge in [0.2, 0.25) is 5.82 Å². The van der Waals surface area contributed by atoms with Crippen LogP contribution in [0.1, 0.15) is 13.3 Å². The maximum atomic E-state index is 13.2. The summed E-state index contributed by atoms with van der Waals surface area (Å²) in [4.78, 5) is 11.2. The van der Waals surface area contributed by atoms with Crippen molar-refractivity contribution in [1.82, 2.24) is 5.43 Å². The number of hydrogen-bond donors (Lipinski definition) is 2. The Labute approximate surface area is 91.4 Å². The number of ether oxygens (including phenoxy) is 1. The summed E-state index contributed by atoms with van der Waals surface area (Å²) >= 11 is 0. The molecule has 1 aromatic carbocycles. The molecule has 0 saturated heterocycles. The number of hydrogen-bond acceptors (Lipinski definition) is 3. The Hall–Kier alpha value is -1.69. The predicted molar refractivity (Wildman–Crippen MR) is 53.4 cm³/mol. The smallest absolute Gasteiger partial charge is 0.274 e. The van der Waals surface area contributed by atoms with Crippen molar-refractivity contribution in [2.45, 2.75) is 19.4 Å². The van der Waals surface area contributed by atoms with Crippen LogP contribution < -0.4 is 16.0 Å². The largest absolute Gasteiger partial charge is 0.477 e. The van der Waals surface area contributed by atoms with Gasteiger partial charge in [-0.2, -0.15) is 4.39 Å². The highest BCUT2D eigenvalue weighted by Gasteiger charge is 2.19. The highest BCUT2D eigenvalue weighted by Crippen LogP contribution is 2.20. The maximum absolute atomic E-state index is 13.2. The molecule has 1 amide bonds. The van der Waals surface area contributed by atoms with Crippen molar-refractivity contribution in [1.29, 1.82) is 0 Å². The number of carbonyl (C=O) groups is 1. The number of amides is 1.